The number of rotatable bonds is 5. The lowest BCUT2D eigenvalue weighted by Crippen LogP contribution is -2.37. The molecular weight excluding hydrogens is 309 g/mol. The van der Waals surface area contributed by atoms with E-state index >= 15 is 0 Å². The van der Waals surface area contributed by atoms with Crippen LogP contribution in [0.15, 0.2) is 36.5 Å². The average molecular weight is 329 g/mol. The van der Waals surface area contributed by atoms with Crippen LogP contribution in [0.3, 0.4) is 0 Å². The van der Waals surface area contributed by atoms with Crippen molar-refractivity contribution in [3.63, 3.8) is 0 Å². The van der Waals surface area contributed by atoms with Crippen molar-refractivity contribution in [1.82, 2.24) is 15.1 Å². The lowest BCUT2D eigenvalue weighted by Gasteiger charge is -2.22. The highest BCUT2D eigenvalue weighted by molar-refractivity contribution is 5.87. The van der Waals surface area contributed by atoms with Crippen molar-refractivity contribution in [3.8, 4) is 0 Å². The molecule has 6 heteroatoms. The van der Waals surface area contributed by atoms with Crippen LogP contribution >= 0.6 is 0 Å². The van der Waals surface area contributed by atoms with Gasteiger partial charge in [0.25, 0.3) is 5.91 Å². The Bertz CT molecular complexity index is 740. The first-order chi connectivity index (χ1) is 11.6. The van der Waals surface area contributed by atoms with Crippen molar-refractivity contribution in [1.29, 1.82) is 0 Å². The summed E-state index contributed by atoms with van der Waals surface area (Å²) < 4.78 is 21.4. The highest BCUT2D eigenvalue weighted by Gasteiger charge is 2.50. The SMILES string of the molecule is O=C(NCC1OCCc2cn(Cc3ccccc3)nc21)C1(F)CC1. The van der Waals surface area contributed by atoms with Gasteiger partial charge in [-0.25, -0.2) is 4.39 Å². The molecule has 5 nitrogen and oxygen atoms in total. The number of hydrogen-bond acceptors (Lipinski definition) is 3. The Morgan fingerprint density at radius 1 is 1.38 bits per heavy atom. The molecule has 2 aromatic rings. The van der Waals surface area contributed by atoms with E-state index in [-0.39, 0.29) is 12.6 Å². The Kier molecular flexibility index (Phi) is 3.84. The van der Waals surface area contributed by atoms with Crippen LogP contribution in [0.1, 0.15) is 35.8 Å². The minimum atomic E-state index is -1.65. The molecule has 4 rings (SSSR count). The summed E-state index contributed by atoms with van der Waals surface area (Å²) in [6.07, 6.45) is 3.18. The van der Waals surface area contributed by atoms with Crippen molar-refractivity contribution in [2.45, 2.75) is 37.6 Å². The van der Waals surface area contributed by atoms with Gasteiger partial charge in [-0.2, -0.15) is 5.10 Å². The average Bonchev–Trinajstić information content (AvgIpc) is 3.21. The maximum Gasteiger partial charge on any atom is 0.257 e. The molecule has 1 aromatic heterocycles. The minimum absolute atomic E-state index is 0.264. The largest absolute Gasteiger partial charge is 0.370 e. The van der Waals surface area contributed by atoms with Crippen molar-refractivity contribution >= 4 is 5.91 Å². The standard InChI is InChI=1S/C18H20FN3O2/c19-18(7-8-18)17(23)20-10-15-16-14(6-9-24-15)12-22(21-16)11-13-4-2-1-3-5-13/h1-5,12,15H,6-11H2,(H,20,23). The van der Waals surface area contributed by atoms with Crippen LogP contribution in [0.4, 0.5) is 4.39 Å². The first-order valence-corrected chi connectivity index (χ1v) is 8.33. The Morgan fingerprint density at radius 2 is 2.17 bits per heavy atom. The molecule has 0 saturated heterocycles. The monoisotopic (exact) mass is 329 g/mol. The molecule has 1 amide bonds. The summed E-state index contributed by atoms with van der Waals surface area (Å²) in [5.74, 6) is -0.526. The molecule has 0 radical (unpaired) electrons. The molecule has 2 heterocycles. The third-order valence-corrected chi connectivity index (χ3v) is 4.60. The molecule has 1 atom stereocenters. The van der Waals surface area contributed by atoms with Gasteiger partial charge < -0.3 is 10.1 Å². The van der Waals surface area contributed by atoms with E-state index in [9.17, 15) is 9.18 Å². The lowest BCUT2D eigenvalue weighted by atomic mass is 10.1. The van der Waals surface area contributed by atoms with E-state index in [1.54, 1.807) is 0 Å². The Balaban J connectivity index is 1.45. The van der Waals surface area contributed by atoms with Gasteiger partial charge in [-0.3, -0.25) is 9.48 Å². The quantitative estimate of drug-likeness (QED) is 0.915. The van der Waals surface area contributed by atoms with E-state index in [1.165, 1.54) is 5.56 Å². The highest BCUT2D eigenvalue weighted by Crippen LogP contribution is 2.40. The lowest BCUT2D eigenvalue weighted by molar-refractivity contribution is -0.128. The summed E-state index contributed by atoms with van der Waals surface area (Å²) in [4.78, 5) is 11.8. The first-order valence-electron chi connectivity index (χ1n) is 8.33. The van der Waals surface area contributed by atoms with Gasteiger partial charge in [0.15, 0.2) is 5.67 Å². The topological polar surface area (TPSA) is 56.1 Å². The number of fused-ring (bicyclic) bond motifs is 1. The van der Waals surface area contributed by atoms with E-state index in [0.717, 1.165) is 17.7 Å². The number of hydrogen-bond donors (Lipinski definition) is 1. The van der Waals surface area contributed by atoms with Crippen LogP contribution < -0.4 is 5.32 Å². The molecule has 2 aliphatic rings. The number of amides is 1. The molecule has 1 aliphatic heterocycles. The van der Waals surface area contributed by atoms with Crippen molar-refractivity contribution in [2.24, 2.45) is 0 Å². The smallest absolute Gasteiger partial charge is 0.257 e. The zero-order valence-corrected chi connectivity index (χ0v) is 13.4. The number of alkyl halides is 1. The van der Waals surface area contributed by atoms with Gasteiger partial charge >= 0.3 is 0 Å². The molecule has 1 fully saturated rings. The van der Waals surface area contributed by atoms with Gasteiger partial charge in [0.2, 0.25) is 0 Å². The number of carbonyl (C=O) groups excluding carboxylic acids is 1. The molecule has 1 saturated carbocycles. The van der Waals surface area contributed by atoms with Crippen molar-refractivity contribution in [2.75, 3.05) is 13.2 Å². The predicted molar refractivity (Wildman–Crippen MR) is 86.3 cm³/mol. The van der Waals surface area contributed by atoms with E-state index in [2.05, 4.69) is 22.5 Å². The molecule has 24 heavy (non-hydrogen) atoms. The molecule has 0 spiro atoms. The van der Waals surface area contributed by atoms with Crippen molar-refractivity contribution in [3.05, 3.63) is 53.3 Å². The molecule has 1 unspecified atom stereocenters. The predicted octanol–water partition coefficient (Wildman–Crippen LogP) is 2.16. The van der Waals surface area contributed by atoms with Crippen LogP contribution in [-0.2, 0) is 22.5 Å². The van der Waals surface area contributed by atoms with Crippen LogP contribution in [0.25, 0.3) is 0 Å². The number of aromatic nitrogens is 2. The maximum atomic E-state index is 13.7. The van der Waals surface area contributed by atoms with Gasteiger partial charge in [0.1, 0.15) is 6.10 Å². The molecule has 1 N–H and O–H groups in total. The summed E-state index contributed by atoms with van der Waals surface area (Å²) in [6, 6.07) is 10.1. The second-order valence-electron chi connectivity index (χ2n) is 6.51. The van der Waals surface area contributed by atoms with E-state index in [1.807, 2.05) is 29.1 Å². The second-order valence-corrected chi connectivity index (χ2v) is 6.51. The molecule has 1 aliphatic carbocycles. The number of nitrogens with zero attached hydrogens (tertiary/aromatic N) is 2. The normalized spacial score (nSPS) is 21.1. The van der Waals surface area contributed by atoms with E-state index in [4.69, 9.17) is 4.74 Å². The van der Waals surface area contributed by atoms with Gasteiger partial charge in [-0.05, 0) is 30.4 Å². The van der Waals surface area contributed by atoms with Crippen LogP contribution in [0.5, 0.6) is 0 Å². The fourth-order valence-electron chi connectivity index (χ4n) is 3.02. The summed E-state index contributed by atoms with van der Waals surface area (Å²) in [5, 5.41) is 7.30. The number of halogens is 1. The minimum Gasteiger partial charge on any atom is -0.370 e. The summed E-state index contributed by atoms with van der Waals surface area (Å²) in [7, 11) is 0. The molecule has 126 valence electrons. The fraction of sp³-hybridized carbons (Fsp3) is 0.444. The molecule has 1 aromatic carbocycles. The Labute approximate surface area is 139 Å². The van der Waals surface area contributed by atoms with Crippen LogP contribution in [0, 0.1) is 0 Å². The van der Waals surface area contributed by atoms with Gasteiger partial charge in [-0.15, -0.1) is 0 Å². The fourth-order valence-corrected chi connectivity index (χ4v) is 3.02. The Morgan fingerprint density at radius 3 is 2.92 bits per heavy atom. The van der Waals surface area contributed by atoms with E-state index < -0.39 is 11.6 Å². The zero-order valence-electron chi connectivity index (χ0n) is 13.4. The van der Waals surface area contributed by atoms with Gasteiger partial charge in [0.05, 0.1) is 18.8 Å². The van der Waals surface area contributed by atoms with Gasteiger partial charge in [-0.1, -0.05) is 30.3 Å². The summed E-state index contributed by atoms with van der Waals surface area (Å²) in [5.41, 5.74) is 1.51. The maximum absolute atomic E-state index is 13.7. The number of benzene rings is 1. The second kappa shape index (κ2) is 6.02. The highest BCUT2D eigenvalue weighted by atomic mass is 19.1. The van der Waals surface area contributed by atoms with Gasteiger partial charge in [0, 0.05) is 12.7 Å². The third-order valence-electron chi connectivity index (χ3n) is 4.60. The summed E-state index contributed by atoms with van der Waals surface area (Å²) in [6.45, 7) is 1.55. The van der Waals surface area contributed by atoms with Crippen LogP contribution in [-0.4, -0.2) is 34.5 Å². The zero-order chi connectivity index (χ0) is 16.6. The van der Waals surface area contributed by atoms with E-state index in [0.29, 0.717) is 26.0 Å². The first kappa shape index (κ1) is 15.3. The van der Waals surface area contributed by atoms with Crippen molar-refractivity contribution < 1.29 is 13.9 Å². The summed E-state index contributed by atoms with van der Waals surface area (Å²) >= 11 is 0. The molecule has 0 bridgehead atoms. The Hall–Kier alpha value is -2.21. The number of ether oxygens (including phenoxy) is 1. The third kappa shape index (κ3) is 3.06. The molecular formula is C18H20FN3O2. The van der Waals surface area contributed by atoms with Crippen LogP contribution in [0.2, 0.25) is 0 Å². The number of carbonyl (C=O) groups is 1. The number of nitrogens with one attached hydrogen (secondary N) is 1.